The third-order valence-corrected chi connectivity index (χ3v) is 4.22. The Morgan fingerprint density at radius 2 is 1.90 bits per heavy atom. The number of hydrogen-bond acceptors (Lipinski definition) is 2. The number of imidazole rings is 1. The van der Waals surface area contributed by atoms with Crippen LogP contribution in [0.25, 0.3) is 11.0 Å². The summed E-state index contributed by atoms with van der Waals surface area (Å²) in [5, 5.41) is 3.50. The summed E-state index contributed by atoms with van der Waals surface area (Å²) >= 11 is 3.61. The van der Waals surface area contributed by atoms with Gasteiger partial charge in [-0.15, -0.1) is 0 Å². The average molecular weight is 346 g/mol. The Morgan fingerprint density at radius 1 is 1.14 bits per heavy atom. The van der Waals surface area contributed by atoms with Gasteiger partial charge in [-0.3, -0.25) is 0 Å². The van der Waals surface area contributed by atoms with Crippen LogP contribution in [-0.4, -0.2) is 16.5 Å². The molecular formula is C16H16BrN3O. The van der Waals surface area contributed by atoms with Gasteiger partial charge in [0.2, 0.25) is 0 Å². The second-order valence-corrected chi connectivity index (χ2v) is 5.75. The lowest BCUT2D eigenvalue weighted by molar-refractivity contribution is 0.629. The van der Waals surface area contributed by atoms with Gasteiger partial charge in [0.05, 0.1) is 17.1 Å². The highest BCUT2D eigenvalue weighted by Crippen LogP contribution is 2.29. The fourth-order valence-corrected chi connectivity index (χ4v) is 3.06. The van der Waals surface area contributed by atoms with Gasteiger partial charge < -0.3 is 15.3 Å². The van der Waals surface area contributed by atoms with E-state index < -0.39 is 0 Å². The second-order valence-electron chi connectivity index (χ2n) is 4.90. The summed E-state index contributed by atoms with van der Waals surface area (Å²) in [7, 11) is 0. The molecule has 0 aliphatic heterocycles. The summed E-state index contributed by atoms with van der Waals surface area (Å²) < 4.78 is 1.07. The molecule has 1 unspecified atom stereocenters. The van der Waals surface area contributed by atoms with E-state index in [0.29, 0.717) is 0 Å². The van der Waals surface area contributed by atoms with Crippen LogP contribution in [0, 0.1) is 0 Å². The largest absolute Gasteiger partial charge is 0.323 e. The fourth-order valence-electron chi connectivity index (χ4n) is 2.55. The lowest BCUT2D eigenvalue weighted by atomic mass is 9.98. The number of hydrogen-bond donors (Lipinski definition) is 3. The molecule has 21 heavy (non-hydrogen) atoms. The van der Waals surface area contributed by atoms with Gasteiger partial charge in [0.1, 0.15) is 0 Å². The molecule has 1 atom stereocenters. The van der Waals surface area contributed by atoms with Gasteiger partial charge in [-0.25, -0.2) is 4.79 Å². The monoisotopic (exact) mass is 345 g/mol. The minimum Gasteiger partial charge on any atom is -0.306 e. The molecule has 0 saturated heterocycles. The third-order valence-electron chi connectivity index (χ3n) is 3.50. The van der Waals surface area contributed by atoms with E-state index in [9.17, 15) is 4.79 Å². The minimum atomic E-state index is -0.178. The van der Waals surface area contributed by atoms with Crippen LogP contribution in [-0.2, 0) is 0 Å². The molecule has 3 N–H and O–H groups in total. The molecule has 0 bridgehead atoms. The zero-order chi connectivity index (χ0) is 14.8. The molecular weight excluding hydrogens is 330 g/mol. The Labute approximate surface area is 130 Å². The normalized spacial score (nSPS) is 12.7. The van der Waals surface area contributed by atoms with Crippen LogP contribution in [0.5, 0.6) is 0 Å². The second kappa shape index (κ2) is 5.87. The van der Waals surface area contributed by atoms with Crippen LogP contribution in [0.3, 0.4) is 0 Å². The topological polar surface area (TPSA) is 60.7 Å². The molecule has 2 aromatic carbocycles. The Bertz CT molecular complexity index is 822. The maximum absolute atomic E-state index is 11.4. The predicted octanol–water partition coefficient (Wildman–Crippen LogP) is 3.32. The summed E-state index contributed by atoms with van der Waals surface area (Å²) in [5.41, 5.74) is 3.77. The van der Waals surface area contributed by atoms with Gasteiger partial charge in [0, 0.05) is 4.47 Å². The van der Waals surface area contributed by atoms with Crippen molar-refractivity contribution in [3.63, 3.8) is 0 Å². The molecule has 1 aromatic heterocycles. The van der Waals surface area contributed by atoms with E-state index in [4.69, 9.17) is 0 Å². The van der Waals surface area contributed by atoms with Crippen LogP contribution < -0.4 is 11.0 Å². The van der Waals surface area contributed by atoms with E-state index in [1.807, 2.05) is 36.4 Å². The number of aromatic nitrogens is 2. The molecule has 0 aliphatic rings. The van der Waals surface area contributed by atoms with Gasteiger partial charge in [-0.05, 0) is 35.9 Å². The number of rotatable bonds is 4. The number of halogens is 1. The third kappa shape index (κ3) is 2.80. The van der Waals surface area contributed by atoms with Crippen LogP contribution in [0.4, 0.5) is 0 Å². The predicted molar refractivity (Wildman–Crippen MR) is 88.6 cm³/mol. The highest BCUT2D eigenvalue weighted by molar-refractivity contribution is 9.10. The lowest BCUT2D eigenvalue weighted by Gasteiger charge is -2.20. The summed E-state index contributed by atoms with van der Waals surface area (Å²) in [4.78, 5) is 17.0. The summed E-state index contributed by atoms with van der Waals surface area (Å²) in [6.07, 6.45) is 0. The maximum Gasteiger partial charge on any atom is 0.323 e. The standard InChI is InChI=1S/C16H16BrN3O/c1-2-18-15(11-5-3-4-6-12(11)17)10-7-8-13-14(9-10)20-16(21)19-13/h3-9,15,18H,2H2,1H3,(H2,19,20,21). The quantitative estimate of drug-likeness (QED) is 0.679. The Morgan fingerprint density at radius 3 is 2.67 bits per heavy atom. The molecule has 0 saturated carbocycles. The molecule has 4 nitrogen and oxygen atoms in total. The lowest BCUT2D eigenvalue weighted by Crippen LogP contribution is -2.22. The number of H-pyrrole nitrogens is 2. The van der Waals surface area contributed by atoms with E-state index >= 15 is 0 Å². The first-order valence-electron chi connectivity index (χ1n) is 6.89. The number of aromatic amines is 2. The molecule has 5 heteroatoms. The van der Waals surface area contributed by atoms with Gasteiger partial charge in [-0.2, -0.15) is 0 Å². The summed E-state index contributed by atoms with van der Waals surface area (Å²) in [6.45, 7) is 2.94. The number of nitrogens with one attached hydrogen (secondary N) is 3. The van der Waals surface area contributed by atoms with E-state index in [-0.39, 0.29) is 11.7 Å². The van der Waals surface area contributed by atoms with Gasteiger partial charge in [-0.1, -0.05) is 47.1 Å². The molecule has 0 aliphatic carbocycles. The molecule has 1 heterocycles. The molecule has 108 valence electrons. The smallest absolute Gasteiger partial charge is 0.306 e. The Balaban J connectivity index is 2.10. The van der Waals surface area contributed by atoms with Crippen molar-refractivity contribution in [1.82, 2.24) is 15.3 Å². The van der Waals surface area contributed by atoms with Crippen LogP contribution >= 0.6 is 15.9 Å². The molecule has 0 radical (unpaired) electrons. The SMILES string of the molecule is CCNC(c1ccc2[nH]c(=O)[nH]c2c1)c1ccccc1Br. The number of fused-ring (bicyclic) bond motifs is 1. The molecule has 3 rings (SSSR count). The van der Waals surface area contributed by atoms with Crippen molar-refractivity contribution in [2.45, 2.75) is 13.0 Å². The Hall–Kier alpha value is -1.85. The van der Waals surface area contributed by atoms with Crippen LogP contribution in [0.15, 0.2) is 51.7 Å². The van der Waals surface area contributed by atoms with Crippen molar-refractivity contribution in [1.29, 1.82) is 0 Å². The maximum atomic E-state index is 11.4. The fraction of sp³-hybridized carbons (Fsp3) is 0.188. The van der Waals surface area contributed by atoms with Crippen LogP contribution in [0.1, 0.15) is 24.1 Å². The van der Waals surface area contributed by atoms with E-state index in [2.05, 4.69) is 44.2 Å². The molecule has 0 spiro atoms. The summed E-state index contributed by atoms with van der Waals surface area (Å²) in [6, 6.07) is 14.2. The van der Waals surface area contributed by atoms with Crippen molar-refractivity contribution >= 4 is 27.0 Å². The van der Waals surface area contributed by atoms with Crippen molar-refractivity contribution in [3.05, 3.63) is 68.5 Å². The van der Waals surface area contributed by atoms with Gasteiger partial charge in [0.15, 0.2) is 0 Å². The average Bonchev–Trinajstić information content (AvgIpc) is 2.85. The van der Waals surface area contributed by atoms with E-state index in [1.54, 1.807) is 0 Å². The first-order chi connectivity index (χ1) is 10.2. The Kier molecular flexibility index (Phi) is 3.94. The molecule has 0 amide bonds. The highest BCUT2D eigenvalue weighted by atomic mass is 79.9. The first-order valence-corrected chi connectivity index (χ1v) is 7.68. The zero-order valence-electron chi connectivity index (χ0n) is 11.6. The van der Waals surface area contributed by atoms with Crippen molar-refractivity contribution < 1.29 is 0 Å². The zero-order valence-corrected chi connectivity index (χ0v) is 13.2. The highest BCUT2D eigenvalue weighted by Gasteiger charge is 2.16. The van der Waals surface area contributed by atoms with Gasteiger partial charge in [0.25, 0.3) is 0 Å². The van der Waals surface area contributed by atoms with Gasteiger partial charge >= 0.3 is 5.69 Å². The summed E-state index contributed by atoms with van der Waals surface area (Å²) in [5.74, 6) is 0. The molecule has 3 aromatic rings. The van der Waals surface area contributed by atoms with Crippen molar-refractivity contribution in [2.75, 3.05) is 6.54 Å². The minimum absolute atomic E-state index is 0.0772. The number of benzene rings is 2. The van der Waals surface area contributed by atoms with Crippen molar-refractivity contribution in [2.24, 2.45) is 0 Å². The van der Waals surface area contributed by atoms with Crippen molar-refractivity contribution in [3.8, 4) is 0 Å². The molecule has 0 fully saturated rings. The van der Waals surface area contributed by atoms with E-state index in [0.717, 1.165) is 27.6 Å². The van der Waals surface area contributed by atoms with E-state index in [1.165, 1.54) is 5.56 Å². The van der Waals surface area contributed by atoms with Crippen LogP contribution in [0.2, 0.25) is 0 Å². The first kappa shape index (κ1) is 14.1.